The second-order valence-electron chi connectivity index (χ2n) is 10.4. The Morgan fingerprint density at radius 1 is 0.531 bits per heavy atom. The summed E-state index contributed by atoms with van der Waals surface area (Å²) in [6.07, 6.45) is 0. The van der Waals surface area contributed by atoms with Gasteiger partial charge in [0.1, 0.15) is 0 Å². The molecule has 0 saturated carbocycles. The summed E-state index contributed by atoms with van der Waals surface area (Å²) in [6, 6.07) is 18.5. The van der Waals surface area contributed by atoms with Crippen molar-refractivity contribution >= 4 is 128 Å². The minimum atomic E-state index is -1.94. The molecule has 0 aliphatic carbocycles. The van der Waals surface area contributed by atoms with E-state index < -0.39 is 36.8 Å². The van der Waals surface area contributed by atoms with Crippen LogP contribution in [-0.2, 0) is 0 Å². The maximum atomic E-state index is 2.52. The van der Waals surface area contributed by atoms with Crippen LogP contribution in [0.3, 0.4) is 0 Å². The van der Waals surface area contributed by atoms with Gasteiger partial charge in [-0.25, -0.2) is 0 Å². The molecule has 0 bridgehead atoms. The van der Waals surface area contributed by atoms with Gasteiger partial charge in [0.2, 0.25) is 0 Å². The van der Waals surface area contributed by atoms with Crippen LogP contribution in [0, 0.1) is 0 Å². The van der Waals surface area contributed by atoms with Gasteiger partial charge in [-0.3, -0.25) is 0 Å². The van der Waals surface area contributed by atoms with Gasteiger partial charge in [0.15, 0.2) is 0 Å². The SMILES string of the molecule is [CH3][Sn]([CH3])([CH3])[c]1cc2c(ccc3c[c]([Sn]([CH3])([CH3])[CH3])sc32)s1.c1cc2c(ccc3ccsc32)s1. The van der Waals surface area contributed by atoms with E-state index in [9.17, 15) is 0 Å². The van der Waals surface area contributed by atoms with Crippen LogP contribution in [0.2, 0.25) is 29.6 Å². The minimum absolute atomic E-state index is 1.37. The fraction of sp³-hybridized carbons (Fsp3) is 0.231. The van der Waals surface area contributed by atoms with E-state index in [0.717, 1.165) is 0 Å². The first-order chi connectivity index (χ1) is 15.1. The Kier molecular flexibility index (Phi) is 6.51. The van der Waals surface area contributed by atoms with Crippen LogP contribution in [0.1, 0.15) is 0 Å². The molecule has 6 aromatic rings. The molecule has 0 nitrogen and oxygen atoms in total. The maximum Gasteiger partial charge on any atom is 0.0429 e. The summed E-state index contributed by atoms with van der Waals surface area (Å²) < 4.78 is 9.27. The summed E-state index contributed by atoms with van der Waals surface area (Å²) in [5, 5.41) is 10.1. The Morgan fingerprint density at radius 2 is 1.19 bits per heavy atom. The topological polar surface area (TPSA) is 0 Å². The molecule has 2 aromatic carbocycles. The molecule has 0 radical (unpaired) electrons. The molecule has 0 aliphatic rings. The Morgan fingerprint density at radius 3 is 1.94 bits per heavy atom. The van der Waals surface area contributed by atoms with Crippen LogP contribution >= 0.6 is 45.3 Å². The van der Waals surface area contributed by atoms with Crippen LogP contribution in [-0.4, -0.2) is 36.8 Å². The summed E-state index contributed by atoms with van der Waals surface area (Å²) in [4.78, 5) is 15.1. The van der Waals surface area contributed by atoms with Crippen molar-refractivity contribution in [3.05, 3.63) is 59.3 Å². The van der Waals surface area contributed by atoms with Gasteiger partial charge in [-0.05, 0) is 34.3 Å². The largest absolute Gasteiger partial charge is 0.144 e. The molecule has 6 rings (SSSR count). The zero-order chi connectivity index (χ0) is 22.7. The van der Waals surface area contributed by atoms with Crippen molar-refractivity contribution in [2.75, 3.05) is 0 Å². The molecular formula is C26H28S4Sn2. The Bertz CT molecular complexity index is 1430. The van der Waals surface area contributed by atoms with E-state index in [1.165, 1.54) is 35.6 Å². The Hall–Kier alpha value is -0.123. The molecular weight excluding hydrogens is 678 g/mol. The standard InChI is InChI=1S/C10H6S2.C10H4S2.6CH3.2Sn/c2*1-2-9-8(4-6-11-9)10-7(1)3-5-12-10;;;;;;;;/h1-6H;1-4H;6*1H3;;. The van der Waals surface area contributed by atoms with Crippen molar-refractivity contribution in [2.45, 2.75) is 29.6 Å². The third-order valence-electron chi connectivity index (χ3n) is 5.71. The molecule has 0 N–H and O–H groups in total. The molecule has 32 heavy (non-hydrogen) atoms. The number of thiophene rings is 4. The van der Waals surface area contributed by atoms with Crippen LogP contribution in [0.25, 0.3) is 40.3 Å². The van der Waals surface area contributed by atoms with Crippen molar-refractivity contribution in [1.82, 2.24) is 0 Å². The summed E-state index contributed by atoms with van der Waals surface area (Å²) in [6.45, 7) is 0. The molecule has 0 spiro atoms. The molecule has 0 amide bonds. The van der Waals surface area contributed by atoms with E-state index in [-0.39, 0.29) is 0 Å². The fourth-order valence-electron chi connectivity index (χ4n) is 3.82. The molecule has 164 valence electrons. The number of rotatable bonds is 2. The molecule has 0 unspecified atom stereocenters. The smallest absolute Gasteiger partial charge is 0.0429 e. The monoisotopic (exact) mass is 708 g/mol. The zero-order valence-electron chi connectivity index (χ0n) is 19.4. The summed E-state index contributed by atoms with van der Waals surface area (Å²) >= 11 is 3.90. The second kappa shape index (κ2) is 8.83. The van der Waals surface area contributed by atoms with Crippen LogP contribution in [0.4, 0.5) is 0 Å². The molecule has 0 atom stereocenters. The van der Waals surface area contributed by atoms with Gasteiger partial charge >= 0.3 is 139 Å². The molecule has 0 fully saturated rings. The first kappa shape index (κ1) is 23.6. The van der Waals surface area contributed by atoms with Crippen molar-refractivity contribution in [1.29, 1.82) is 0 Å². The Labute approximate surface area is 214 Å². The molecule has 6 heteroatoms. The third kappa shape index (κ3) is 4.56. The van der Waals surface area contributed by atoms with E-state index >= 15 is 0 Å². The van der Waals surface area contributed by atoms with Gasteiger partial charge in [-0.1, -0.05) is 6.07 Å². The zero-order valence-corrected chi connectivity index (χ0v) is 28.4. The minimum Gasteiger partial charge on any atom is -0.144 e. The molecule has 0 aliphatic heterocycles. The predicted molar refractivity (Wildman–Crippen MR) is 160 cm³/mol. The summed E-state index contributed by atoms with van der Waals surface area (Å²) in [5.74, 6) is 0. The summed E-state index contributed by atoms with van der Waals surface area (Å²) in [7, 11) is 0. The van der Waals surface area contributed by atoms with Gasteiger partial charge in [0.25, 0.3) is 0 Å². The van der Waals surface area contributed by atoms with E-state index in [1.54, 1.807) is 10.5 Å². The van der Waals surface area contributed by atoms with Crippen LogP contribution in [0.5, 0.6) is 0 Å². The molecule has 0 saturated heterocycles. The van der Waals surface area contributed by atoms with Gasteiger partial charge in [-0.2, -0.15) is 0 Å². The third-order valence-corrected chi connectivity index (χ3v) is 28.7. The van der Waals surface area contributed by atoms with Crippen molar-refractivity contribution in [3.8, 4) is 0 Å². The fourth-order valence-corrected chi connectivity index (χ4v) is 18.4. The normalized spacial score (nSPS) is 12.7. The first-order valence-corrected chi connectivity index (χ1v) is 34.3. The van der Waals surface area contributed by atoms with E-state index in [0.29, 0.717) is 0 Å². The number of hydrogen-bond acceptors (Lipinski definition) is 4. The van der Waals surface area contributed by atoms with Gasteiger partial charge in [0.05, 0.1) is 0 Å². The van der Waals surface area contributed by atoms with Gasteiger partial charge in [-0.15, -0.1) is 22.7 Å². The number of fused-ring (bicyclic) bond motifs is 6. The number of benzene rings is 2. The molecule has 4 heterocycles. The number of hydrogen-bond donors (Lipinski definition) is 0. The van der Waals surface area contributed by atoms with Gasteiger partial charge < -0.3 is 0 Å². The van der Waals surface area contributed by atoms with Crippen molar-refractivity contribution in [2.24, 2.45) is 0 Å². The second-order valence-corrected chi connectivity index (χ2v) is 45.2. The van der Waals surface area contributed by atoms with E-state index in [2.05, 4.69) is 112 Å². The average molecular weight is 706 g/mol. The van der Waals surface area contributed by atoms with Crippen molar-refractivity contribution in [3.63, 3.8) is 0 Å². The average Bonchev–Trinajstić information content (AvgIpc) is 3.50. The van der Waals surface area contributed by atoms with Crippen LogP contribution < -0.4 is 5.79 Å². The van der Waals surface area contributed by atoms with Crippen LogP contribution in [0.15, 0.2) is 59.3 Å². The molecule has 4 aromatic heterocycles. The summed E-state index contributed by atoms with van der Waals surface area (Å²) in [5.41, 5.74) is 0. The van der Waals surface area contributed by atoms with Crippen molar-refractivity contribution < 1.29 is 0 Å². The predicted octanol–water partition coefficient (Wildman–Crippen LogP) is 9.32. The Balaban J connectivity index is 0.000000152. The maximum absolute atomic E-state index is 2.52. The van der Waals surface area contributed by atoms with E-state index in [4.69, 9.17) is 0 Å². The quantitative estimate of drug-likeness (QED) is 0.158. The van der Waals surface area contributed by atoms with Gasteiger partial charge in [0, 0.05) is 14.8 Å². The first-order valence-electron chi connectivity index (χ1n) is 10.9. The van der Waals surface area contributed by atoms with E-state index in [1.807, 2.05) is 22.7 Å².